The molecule has 50 valence electrons. The van der Waals surface area contributed by atoms with Crippen molar-refractivity contribution in [3.8, 4) is 0 Å². The van der Waals surface area contributed by atoms with Crippen LogP contribution in [-0.4, -0.2) is 38.5 Å². The number of rotatable bonds is 3. The van der Waals surface area contributed by atoms with Gasteiger partial charge in [-0.25, -0.2) is 0 Å². The zero-order valence-electron chi connectivity index (χ0n) is 3.94. The van der Waals surface area contributed by atoms with Crippen molar-refractivity contribution in [1.29, 1.82) is 0 Å². The van der Waals surface area contributed by atoms with Crippen LogP contribution in [0.5, 0.6) is 0 Å². The second-order valence-electron chi connectivity index (χ2n) is 0.973. The summed E-state index contributed by atoms with van der Waals surface area (Å²) < 4.78 is 27.8. The molecule has 0 aliphatic rings. The van der Waals surface area contributed by atoms with Gasteiger partial charge in [0.2, 0.25) is 0 Å². The van der Waals surface area contributed by atoms with Crippen molar-refractivity contribution < 1.29 is 18.1 Å². The molecule has 6 heteroatoms. The van der Waals surface area contributed by atoms with Gasteiger partial charge in [-0.3, -0.25) is 0 Å². The third-order valence-electron chi connectivity index (χ3n) is 0.324. The summed E-state index contributed by atoms with van der Waals surface area (Å²) in [6, 6.07) is 0. The molecule has 4 nitrogen and oxygen atoms in total. The van der Waals surface area contributed by atoms with Crippen LogP contribution >= 0.6 is 0 Å². The van der Waals surface area contributed by atoms with E-state index in [1.807, 2.05) is 0 Å². The van der Waals surface area contributed by atoms with Crippen molar-refractivity contribution in [3.05, 3.63) is 0 Å². The third-order valence-corrected chi connectivity index (χ3v) is 4.09. The van der Waals surface area contributed by atoms with Crippen LogP contribution in [0.2, 0.25) is 5.32 Å². The van der Waals surface area contributed by atoms with Gasteiger partial charge in [-0.1, -0.05) is 0 Å². The minimum atomic E-state index is -3.78. The van der Waals surface area contributed by atoms with E-state index in [2.05, 4.69) is 0 Å². The van der Waals surface area contributed by atoms with Crippen LogP contribution in [0, 0.1) is 0 Å². The van der Waals surface area contributed by atoms with E-state index in [-0.39, 0.29) is 11.9 Å². The first-order valence-corrected chi connectivity index (χ1v) is 6.46. The quantitative estimate of drug-likeness (QED) is 0.453. The second kappa shape index (κ2) is 3.42. The van der Waals surface area contributed by atoms with E-state index in [0.717, 1.165) is 0 Å². The molecule has 0 aromatic carbocycles. The van der Waals surface area contributed by atoms with Crippen LogP contribution in [-0.2, 0) is 8.54 Å². The topological polar surface area (TPSA) is 74.6 Å². The molecule has 8 heavy (non-hydrogen) atoms. The number of aliphatic hydroxyl groups excluding tert-OH is 1. The normalized spacial score (nSPS) is 11.8. The Morgan fingerprint density at radius 3 is 2.12 bits per heavy atom. The van der Waals surface area contributed by atoms with Gasteiger partial charge in [0, 0.05) is 0 Å². The summed E-state index contributed by atoms with van der Waals surface area (Å²) in [6.07, 6.45) is 0. The zero-order valence-corrected chi connectivity index (χ0v) is 6.47. The summed E-state index contributed by atoms with van der Waals surface area (Å²) in [4.78, 5) is 0. The Kier molecular flexibility index (Phi) is 3.59. The van der Waals surface area contributed by atoms with E-state index in [1.165, 1.54) is 0 Å². The molecule has 0 aromatic rings. The molecular weight excluding hydrogens is 199 g/mol. The Balaban J connectivity index is 3.42. The molecule has 0 amide bonds. The van der Waals surface area contributed by atoms with E-state index in [4.69, 9.17) is 9.66 Å². The Bertz CT molecular complexity index is 138. The summed E-state index contributed by atoms with van der Waals surface area (Å²) in [5.41, 5.74) is 0. The fraction of sp³-hybridized carbons (Fsp3) is 1.00. The molecule has 0 radical (unpaired) electrons. The maximum absolute atomic E-state index is 9.86. The minimum absolute atomic E-state index is 0.159. The first kappa shape index (κ1) is 8.39. The molecule has 0 aromatic heterocycles. The predicted octanol–water partition coefficient (Wildman–Crippen LogP) is -1.10. The van der Waals surface area contributed by atoms with Gasteiger partial charge >= 0.3 is 52.4 Å². The molecule has 0 bridgehead atoms. The predicted molar refractivity (Wildman–Crippen MR) is 29.2 cm³/mol. The second-order valence-corrected chi connectivity index (χ2v) is 7.06. The Labute approximate surface area is 52.9 Å². The SMILES string of the molecule is O=S(=O)(O)[Se]CCO. The monoisotopic (exact) mass is 206 g/mol. The summed E-state index contributed by atoms with van der Waals surface area (Å²) in [5, 5.41) is 8.23. The molecule has 0 spiro atoms. The fourth-order valence-corrected chi connectivity index (χ4v) is 2.22. The molecule has 0 heterocycles. The third kappa shape index (κ3) is 6.39. The Morgan fingerprint density at radius 1 is 1.50 bits per heavy atom. The van der Waals surface area contributed by atoms with E-state index < -0.39 is 22.4 Å². The van der Waals surface area contributed by atoms with Crippen LogP contribution in [0.25, 0.3) is 0 Å². The number of hydrogen-bond acceptors (Lipinski definition) is 3. The van der Waals surface area contributed by atoms with Crippen LogP contribution < -0.4 is 0 Å². The van der Waals surface area contributed by atoms with E-state index in [0.29, 0.717) is 0 Å². The van der Waals surface area contributed by atoms with Crippen LogP contribution in [0.15, 0.2) is 0 Å². The van der Waals surface area contributed by atoms with Gasteiger partial charge < -0.3 is 0 Å². The van der Waals surface area contributed by atoms with E-state index in [9.17, 15) is 8.42 Å². The van der Waals surface area contributed by atoms with Gasteiger partial charge in [-0.15, -0.1) is 0 Å². The van der Waals surface area contributed by atoms with Crippen LogP contribution in [0.3, 0.4) is 0 Å². The molecular formula is C2H6O4SSe. The maximum atomic E-state index is 9.86. The summed E-state index contributed by atoms with van der Waals surface area (Å²) in [7, 11) is -3.78. The molecule has 0 aliphatic carbocycles. The molecule has 0 atom stereocenters. The molecule has 0 saturated carbocycles. The molecule has 0 saturated heterocycles. The standard InChI is InChI=1S/C2H6O4SSe/c3-1-2-8-7(4,5)6/h3H,1-2H2,(H,4,5,6). The summed E-state index contributed by atoms with van der Waals surface area (Å²) >= 11 is -0.859. The van der Waals surface area contributed by atoms with Crippen molar-refractivity contribution in [2.24, 2.45) is 0 Å². The average Bonchev–Trinajstić information content (AvgIpc) is 1.59. The molecule has 0 unspecified atom stereocenters. The Morgan fingerprint density at radius 2 is 2.00 bits per heavy atom. The van der Waals surface area contributed by atoms with Crippen LogP contribution in [0.4, 0.5) is 0 Å². The first-order chi connectivity index (χ1) is 3.56. The first-order valence-electron chi connectivity index (χ1n) is 1.79. The summed E-state index contributed by atoms with van der Waals surface area (Å²) in [6.45, 7) is -0.181. The number of aliphatic hydroxyl groups is 1. The van der Waals surface area contributed by atoms with Gasteiger partial charge in [-0.05, 0) is 0 Å². The van der Waals surface area contributed by atoms with Crippen molar-refractivity contribution >= 4 is 22.4 Å². The average molecular weight is 205 g/mol. The van der Waals surface area contributed by atoms with Crippen molar-refractivity contribution in [3.63, 3.8) is 0 Å². The molecule has 2 N–H and O–H groups in total. The van der Waals surface area contributed by atoms with Gasteiger partial charge in [0.15, 0.2) is 0 Å². The van der Waals surface area contributed by atoms with Crippen LogP contribution in [0.1, 0.15) is 0 Å². The van der Waals surface area contributed by atoms with Gasteiger partial charge in [0.1, 0.15) is 0 Å². The summed E-state index contributed by atoms with van der Waals surface area (Å²) in [5.74, 6) is 0. The zero-order chi connectivity index (χ0) is 6.62. The fourth-order valence-electron chi connectivity index (χ4n) is 0.143. The van der Waals surface area contributed by atoms with Gasteiger partial charge in [-0.2, -0.15) is 0 Å². The van der Waals surface area contributed by atoms with Crippen molar-refractivity contribution in [2.75, 3.05) is 6.61 Å². The van der Waals surface area contributed by atoms with E-state index >= 15 is 0 Å². The number of hydrogen-bond donors (Lipinski definition) is 2. The molecule has 0 rings (SSSR count). The van der Waals surface area contributed by atoms with Crippen molar-refractivity contribution in [2.45, 2.75) is 5.32 Å². The van der Waals surface area contributed by atoms with E-state index in [1.54, 1.807) is 0 Å². The molecule has 0 fully saturated rings. The molecule has 0 aliphatic heterocycles. The van der Waals surface area contributed by atoms with Gasteiger partial charge in [0.25, 0.3) is 0 Å². The Hall–Kier alpha value is 0.389. The van der Waals surface area contributed by atoms with Gasteiger partial charge in [0.05, 0.1) is 0 Å². The van der Waals surface area contributed by atoms with Crippen molar-refractivity contribution in [1.82, 2.24) is 0 Å².